The Balaban J connectivity index is 2.60. The Bertz CT molecular complexity index is 486. The molecule has 2 rings (SSSR count). The zero-order valence-corrected chi connectivity index (χ0v) is 9.47. The van der Waals surface area contributed by atoms with Gasteiger partial charge in [-0.1, -0.05) is 11.6 Å². The predicted octanol–water partition coefficient (Wildman–Crippen LogP) is 2.45. The molecule has 0 saturated carbocycles. The zero-order chi connectivity index (χ0) is 10.8. The van der Waals surface area contributed by atoms with Gasteiger partial charge in [-0.05, 0) is 18.2 Å². The van der Waals surface area contributed by atoms with Gasteiger partial charge in [-0.2, -0.15) is 8.75 Å². The summed E-state index contributed by atoms with van der Waals surface area (Å²) in [4.78, 5) is 0. The quantitative estimate of drug-likeness (QED) is 0.877. The van der Waals surface area contributed by atoms with Crippen LogP contribution in [0.3, 0.4) is 0 Å². The second-order valence-electron chi connectivity index (χ2n) is 2.84. The van der Waals surface area contributed by atoms with Gasteiger partial charge in [0.25, 0.3) is 0 Å². The number of ether oxygens (including phenoxy) is 1. The fourth-order valence-corrected chi connectivity index (χ4v) is 1.91. The number of anilines is 1. The molecular weight excluding hydrogens is 234 g/mol. The molecule has 4 nitrogen and oxygen atoms in total. The van der Waals surface area contributed by atoms with Crippen molar-refractivity contribution in [2.75, 3.05) is 12.8 Å². The Morgan fingerprint density at radius 2 is 2.20 bits per heavy atom. The third kappa shape index (κ3) is 1.88. The molecule has 0 aliphatic carbocycles. The van der Waals surface area contributed by atoms with E-state index < -0.39 is 0 Å². The van der Waals surface area contributed by atoms with Gasteiger partial charge in [-0.3, -0.25) is 0 Å². The molecule has 2 N–H and O–H groups in total. The summed E-state index contributed by atoms with van der Waals surface area (Å²) in [6, 6.07) is 5.28. The average Bonchev–Trinajstić information content (AvgIpc) is 2.64. The third-order valence-corrected chi connectivity index (χ3v) is 2.71. The van der Waals surface area contributed by atoms with E-state index in [1.165, 1.54) is 0 Å². The Labute approximate surface area is 96.0 Å². The van der Waals surface area contributed by atoms with E-state index in [2.05, 4.69) is 8.75 Å². The van der Waals surface area contributed by atoms with E-state index in [0.29, 0.717) is 22.3 Å². The topological polar surface area (TPSA) is 61.0 Å². The number of halogens is 1. The lowest BCUT2D eigenvalue weighted by molar-refractivity contribution is 0.416. The molecule has 0 unspecified atom stereocenters. The summed E-state index contributed by atoms with van der Waals surface area (Å²) in [5.74, 6) is 1.07. The Morgan fingerprint density at radius 3 is 2.80 bits per heavy atom. The van der Waals surface area contributed by atoms with Crippen LogP contribution in [0.15, 0.2) is 18.2 Å². The van der Waals surface area contributed by atoms with E-state index in [0.717, 1.165) is 17.3 Å². The number of methoxy groups -OCH3 is 1. The first-order valence-electron chi connectivity index (χ1n) is 4.14. The number of rotatable bonds is 2. The summed E-state index contributed by atoms with van der Waals surface area (Å²) in [5, 5.41) is 0.609. The van der Waals surface area contributed by atoms with Crippen molar-refractivity contribution in [3.8, 4) is 17.0 Å². The summed E-state index contributed by atoms with van der Waals surface area (Å²) in [6.45, 7) is 0. The van der Waals surface area contributed by atoms with E-state index >= 15 is 0 Å². The molecular formula is C9H8ClN3OS. The summed E-state index contributed by atoms with van der Waals surface area (Å²) >= 11 is 6.96. The van der Waals surface area contributed by atoms with Gasteiger partial charge in [0.05, 0.1) is 18.8 Å². The molecule has 0 aliphatic rings. The molecule has 1 aromatic carbocycles. The van der Waals surface area contributed by atoms with Crippen LogP contribution in [-0.4, -0.2) is 15.9 Å². The van der Waals surface area contributed by atoms with Crippen molar-refractivity contribution in [2.24, 2.45) is 0 Å². The molecule has 0 radical (unpaired) electrons. The van der Waals surface area contributed by atoms with E-state index in [1.807, 2.05) is 0 Å². The molecule has 0 saturated heterocycles. The average molecular weight is 242 g/mol. The number of aromatic nitrogens is 2. The second-order valence-corrected chi connectivity index (χ2v) is 3.81. The van der Waals surface area contributed by atoms with Crippen molar-refractivity contribution < 1.29 is 4.74 Å². The minimum atomic E-state index is 0.389. The molecule has 0 amide bonds. The minimum absolute atomic E-state index is 0.389. The molecule has 0 atom stereocenters. The van der Waals surface area contributed by atoms with Crippen LogP contribution in [0.1, 0.15) is 0 Å². The molecule has 0 bridgehead atoms. The van der Waals surface area contributed by atoms with E-state index in [9.17, 15) is 0 Å². The number of nitrogens with two attached hydrogens (primary N) is 1. The number of nitrogen functional groups attached to an aromatic ring is 1. The van der Waals surface area contributed by atoms with Crippen LogP contribution >= 0.6 is 23.3 Å². The lowest BCUT2D eigenvalue weighted by Crippen LogP contribution is -1.92. The third-order valence-electron chi connectivity index (χ3n) is 1.93. The van der Waals surface area contributed by atoms with Crippen molar-refractivity contribution in [1.29, 1.82) is 0 Å². The first-order chi connectivity index (χ1) is 7.22. The van der Waals surface area contributed by atoms with Crippen LogP contribution in [0.2, 0.25) is 5.02 Å². The SMILES string of the molecule is COc1ccc(Cl)cc1-c1nsnc1N. The molecule has 0 spiro atoms. The summed E-state index contributed by atoms with van der Waals surface area (Å²) in [5.41, 5.74) is 7.06. The highest BCUT2D eigenvalue weighted by molar-refractivity contribution is 6.99. The van der Waals surface area contributed by atoms with Gasteiger partial charge in [0.1, 0.15) is 11.4 Å². The smallest absolute Gasteiger partial charge is 0.165 e. The Morgan fingerprint density at radius 1 is 1.40 bits per heavy atom. The monoisotopic (exact) mass is 241 g/mol. The summed E-state index contributed by atoms with van der Waals surface area (Å²) < 4.78 is 13.2. The van der Waals surface area contributed by atoms with Crippen molar-refractivity contribution in [3.63, 3.8) is 0 Å². The number of hydrogen-bond donors (Lipinski definition) is 1. The highest BCUT2D eigenvalue weighted by atomic mass is 35.5. The molecule has 2 aromatic rings. The van der Waals surface area contributed by atoms with E-state index in [1.54, 1.807) is 25.3 Å². The first-order valence-corrected chi connectivity index (χ1v) is 5.25. The Hall–Kier alpha value is -1.33. The van der Waals surface area contributed by atoms with E-state index in [-0.39, 0.29) is 0 Å². The lowest BCUT2D eigenvalue weighted by Gasteiger charge is -2.06. The van der Waals surface area contributed by atoms with Crippen molar-refractivity contribution in [3.05, 3.63) is 23.2 Å². The lowest BCUT2D eigenvalue weighted by atomic mass is 10.1. The Kier molecular flexibility index (Phi) is 2.75. The van der Waals surface area contributed by atoms with Crippen molar-refractivity contribution in [2.45, 2.75) is 0 Å². The number of nitrogens with zero attached hydrogens (tertiary/aromatic N) is 2. The van der Waals surface area contributed by atoms with Crippen LogP contribution < -0.4 is 10.5 Å². The maximum Gasteiger partial charge on any atom is 0.165 e. The first kappa shape index (κ1) is 10.2. The summed E-state index contributed by atoms with van der Waals surface area (Å²) in [7, 11) is 1.59. The second kappa shape index (κ2) is 4.04. The van der Waals surface area contributed by atoms with Gasteiger partial charge < -0.3 is 10.5 Å². The van der Waals surface area contributed by atoms with Gasteiger partial charge in [-0.25, -0.2) is 0 Å². The minimum Gasteiger partial charge on any atom is -0.496 e. The van der Waals surface area contributed by atoms with Crippen molar-refractivity contribution >= 4 is 29.1 Å². The summed E-state index contributed by atoms with van der Waals surface area (Å²) in [6.07, 6.45) is 0. The molecule has 15 heavy (non-hydrogen) atoms. The number of benzene rings is 1. The fourth-order valence-electron chi connectivity index (χ4n) is 1.25. The van der Waals surface area contributed by atoms with Crippen LogP contribution in [0.5, 0.6) is 5.75 Å². The number of hydrogen-bond acceptors (Lipinski definition) is 5. The van der Waals surface area contributed by atoms with Gasteiger partial charge in [0.15, 0.2) is 5.82 Å². The molecule has 6 heteroatoms. The van der Waals surface area contributed by atoms with Crippen molar-refractivity contribution in [1.82, 2.24) is 8.75 Å². The molecule has 1 aromatic heterocycles. The zero-order valence-electron chi connectivity index (χ0n) is 7.90. The highest BCUT2D eigenvalue weighted by Gasteiger charge is 2.13. The van der Waals surface area contributed by atoms with Crippen LogP contribution in [0.4, 0.5) is 5.82 Å². The van der Waals surface area contributed by atoms with E-state index in [4.69, 9.17) is 22.1 Å². The van der Waals surface area contributed by atoms with Gasteiger partial charge in [-0.15, -0.1) is 0 Å². The van der Waals surface area contributed by atoms with Gasteiger partial charge in [0.2, 0.25) is 0 Å². The van der Waals surface area contributed by atoms with Crippen LogP contribution in [0, 0.1) is 0 Å². The fraction of sp³-hybridized carbons (Fsp3) is 0.111. The largest absolute Gasteiger partial charge is 0.496 e. The standard InChI is InChI=1S/C9H8ClN3OS/c1-14-7-3-2-5(10)4-6(7)8-9(11)13-15-12-8/h2-4H,1H3,(H2,11,13). The van der Waals surface area contributed by atoms with Gasteiger partial charge in [0, 0.05) is 10.6 Å². The normalized spacial score (nSPS) is 10.3. The maximum absolute atomic E-state index is 5.90. The van der Waals surface area contributed by atoms with Gasteiger partial charge >= 0.3 is 0 Å². The maximum atomic E-state index is 5.90. The molecule has 0 aliphatic heterocycles. The predicted molar refractivity (Wildman–Crippen MR) is 61.3 cm³/mol. The molecule has 1 heterocycles. The highest BCUT2D eigenvalue weighted by Crippen LogP contribution is 2.34. The molecule has 0 fully saturated rings. The van der Waals surface area contributed by atoms with Crippen LogP contribution in [-0.2, 0) is 0 Å². The molecule has 78 valence electrons. The van der Waals surface area contributed by atoms with Crippen LogP contribution in [0.25, 0.3) is 11.3 Å².